The second-order valence-corrected chi connectivity index (χ2v) is 6.28. The van der Waals surface area contributed by atoms with E-state index in [1.165, 1.54) is 49.1 Å². The van der Waals surface area contributed by atoms with Crippen LogP contribution in [-0.4, -0.2) is 29.6 Å². The van der Waals surface area contributed by atoms with Crippen LogP contribution < -0.4 is 10.6 Å². The van der Waals surface area contributed by atoms with Crippen LogP contribution in [0, 0.1) is 12.8 Å². The molecule has 1 aromatic heterocycles. The Morgan fingerprint density at radius 2 is 1.90 bits per heavy atom. The first-order valence-corrected chi connectivity index (χ1v) is 8.09. The maximum atomic E-state index is 5.83. The minimum absolute atomic E-state index is 0.619. The summed E-state index contributed by atoms with van der Waals surface area (Å²) in [6, 6.07) is 0. The first kappa shape index (κ1) is 13.8. The van der Waals surface area contributed by atoms with Gasteiger partial charge in [0.15, 0.2) is 0 Å². The molecule has 3 rings (SSSR count). The number of hydrogen-bond donors (Lipinski definition) is 1. The SMILES string of the molecule is Cc1nc(N2CCCCCC2)nc2c1CC(CN)CC2. The summed E-state index contributed by atoms with van der Waals surface area (Å²) in [7, 11) is 0. The molecule has 2 heterocycles. The quantitative estimate of drug-likeness (QED) is 0.898. The van der Waals surface area contributed by atoms with Gasteiger partial charge in [0.05, 0.1) is 0 Å². The normalized spacial score (nSPS) is 23.3. The van der Waals surface area contributed by atoms with Crippen molar-refractivity contribution in [1.82, 2.24) is 9.97 Å². The van der Waals surface area contributed by atoms with Crippen LogP contribution in [0.1, 0.15) is 49.1 Å². The summed E-state index contributed by atoms with van der Waals surface area (Å²) in [6.07, 6.45) is 8.55. The van der Waals surface area contributed by atoms with Gasteiger partial charge in [0.1, 0.15) is 0 Å². The van der Waals surface area contributed by atoms with Crippen LogP contribution in [0.5, 0.6) is 0 Å². The zero-order chi connectivity index (χ0) is 13.9. The topological polar surface area (TPSA) is 55.0 Å². The molecule has 0 saturated carbocycles. The summed E-state index contributed by atoms with van der Waals surface area (Å²) in [5.41, 5.74) is 9.64. The van der Waals surface area contributed by atoms with E-state index < -0.39 is 0 Å². The zero-order valence-corrected chi connectivity index (χ0v) is 12.6. The van der Waals surface area contributed by atoms with E-state index in [1.807, 2.05) is 0 Å². The Bertz CT molecular complexity index is 464. The predicted octanol–water partition coefficient (Wildman–Crippen LogP) is 2.23. The Morgan fingerprint density at radius 1 is 1.15 bits per heavy atom. The highest BCUT2D eigenvalue weighted by Gasteiger charge is 2.23. The number of anilines is 1. The molecule has 1 aliphatic carbocycles. The highest BCUT2D eigenvalue weighted by molar-refractivity contribution is 5.38. The molecule has 1 atom stereocenters. The van der Waals surface area contributed by atoms with Gasteiger partial charge in [-0.15, -0.1) is 0 Å². The van der Waals surface area contributed by atoms with Crippen LogP contribution in [0.15, 0.2) is 0 Å². The van der Waals surface area contributed by atoms with Gasteiger partial charge < -0.3 is 10.6 Å². The third-order valence-electron chi connectivity index (χ3n) is 4.79. The molecule has 0 bridgehead atoms. The lowest BCUT2D eigenvalue weighted by atomic mass is 9.86. The third kappa shape index (κ3) is 2.80. The highest BCUT2D eigenvalue weighted by atomic mass is 15.2. The van der Waals surface area contributed by atoms with Crippen LogP contribution in [-0.2, 0) is 12.8 Å². The standard InChI is InChI=1S/C16H26N4/c1-12-14-10-13(11-17)6-7-15(14)19-16(18-12)20-8-4-2-3-5-9-20/h13H,2-11,17H2,1H3. The number of nitrogens with two attached hydrogens (primary N) is 1. The van der Waals surface area contributed by atoms with Crippen molar-refractivity contribution < 1.29 is 0 Å². The van der Waals surface area contributed by atoms with E-state index in [2.05, 4.69) is 11.8 Å². The first-order valence-electron chi connectivity index (χ1n) is 8.09. The summed E-state index contributed by atoms with van der Waals surface area (Å²) >= 11 is 0. The minimum atomic E-state index is 0.619. The average molecular weight is 274 g/mol. The van der Waals surface area contributed by atoms with Gasteiger partial charge in [0.25, 0.3) is 0 Å². The summed E-state index contributed by atoms with van der Waals surface area (Å²) in [5, 5.41) is 0. The van der Waals surface area contributed by atoms with Crippen molar-refractivity contribution in [2.45, 2.75) is 51.9 Å². The number of hydrogen-bond acceptors (Lipinski definition) is 4. The average Bonchev–Trinajstić information content (AvgIpc) is 2.76. The molecule has 0 amide bonds. The van der Waals surface area contributed by atoms with Crippen LogP contribution in [0.2, 0.25) is 0 Å². The van der Waals surface area contributed by atoms with E-state index >= 15 is 0 Å². The molecule has 1 aromatic rings. The van der Waals surface area contributed by atoms with Crippen molar-refractivity contribution >= 4 is 5.95 Å². The fourth-order valence-electron chi connectivity index (χ4n) is 3.46. The number of rotatable bonds is 2. The smallest absolute Gasteiger partial charge is 0.225 e. The molecule has 2 aliphatic rings. The molecular weight excluding hydrogens is 248 g/mol. The van der Waals surface area contributed by atoms with Gasteiger partial charge in [0.2, 0.25) is 5.95 Å². The molecule has 1 saturated heterocycles. The van der Waals surface area contributed by atoms with Crippen molar-refractivity contribution in [3.05, 3.63) is 17.0 Å². The zero-order valence-electron chi connectivity index (χ0n) is 12.6. The third-order valence-corrected chi connectivity index (χ3v) is 4.79. The Labute approximate surface area is 121 Å². The molecule has 20 heavy (non-hydrogen) atoms. The molecule has 0 aromatic carbocycles. The number of aryl methyl sites for hydroxylation is 2. The largest absolute Gasteiger partial charge is 0.341 e. The monoisotopic (exact) mass is 274 g/mol. The first-order chi connectivity index (χ1) is 9.78. The van der Waals surface area contributed by atoms with Gasteiger partial charge in [-0.25, -0.2) is 9.97 Å². The second-order valence-electron chi connectivity index (χ2n) is 6.28. The minimum Gasteiger partial charge on any atom is -0.341 e. The van der Waals surface area contributed by atoms with Gasteiger partial charge in [-0.1, -0.05) is 12.8 Å². The predicted molar refractivity (Wildman–Crippen MR) is 82.0 cm³/mol. The Hall–Kier alpha value is -1.16. The lowest BCUT2D eigenvalue weighted by Gasteiger charge is -2.27. The van der Waals surface area contributed by atoms with E-state index in [9.17, 15) is 0 Å². The van der Waals surface area contributed by atoms with Crippen LogP contribution in [0.4, 0.5) is 5.95 Å². The molecule has 4 nitrogen and oxygen atoms in total. The fourth-order valence-corrected chi connectivity index (χ4v) is 3.46. The second kappa shape index (κ2) is 6.08. The molecule has 4 heteroatoms. The van der Waals surface area contributed by atoms with E-state index in [0.29, 0.717) is 5.92 Å². The van der Waals surface area contributed by atoms with E-state index in [0.717, 1.165) is 38.4 Å². The Balaban J connectivity index is 1.85. The van der Waals surface area contributed by atoms with Crippen molar-refractivity contribution in [1.29, 1.82) is 0 Å². The van der Waals surface area contributed by atoms with Crippen molar-refractivity contribution in [3.63, 3.8) is 0 Å². The van der Waals surface area contributed by atoms with Gasteiger partial charge in [-0.3, -0.25) is 0 Å². The lowest BCUT2D eigenvalue weighted by Crippen LogP contribution is -2.29. The van der Waals surface area contributed by atoms with Gasteiger partial charge in [0, 0.05) is 24.5 Å². The molecular formula is C16H26N4. The van der Waals surface area contributed by atoms with Crippen molar-refractivity contribution in [2.24, 2.45) is 11.7 Å². The van der Waals surface area contributed by atoms with Crippen LogP contribution >= 0.6 is 0 Å². The molecule has 1 unspecified atom stereocenters. The number of nitrogens with zero attached hydrogens (tertiary/aromatic N) is 3. The van der Waals surface area contributed by atoms with Crippen molar-refractivity contribution in [2.75, 3.05) is 24.5 Å². The van der Waals surface area contributed by atoms with E-state index in [4.69, 9.17) is 15.7 Å². The summed E-state index contributed by atoms with van der Waals surface area (Å²) in [4.78, 5) is 12.1. The lowest BCUT2D eigenvalue weighted by molar-refractivity contribution is 0.459. The maximum absolute atomic E-state index is 5.83. The highest BCUT2D eigenvalue weighted by Crippen LogP contribution is 2.27. The van der Waals surface area contributed by atoms with Gasteiger partial charge >= 0.3 is 0 Å². The molecule has 1 fully saturated rings. The number of fused-ring (bicyclic) bond motifs is 1. The van der Waals surface area contributed by atoms with E-state index in [1.54, 1.807) is 0 Å². The Kier molecular flexibility index (Phi) is 4.20. The van der Waals surface area contributed by atoms with Crippen molar-refractivity contribution in [3.8, 4) is 0 Å². The van der Waals surface area contributed by atoms with Crippen LogP contribution in [0.25, 0.3) is 0 Å². The van der Waals surface area contributed by atoms with E-state index in [-0.39, 0.29) is 0 Å². The molecule has 2 N–H and O–H groups in total. The Morgan fingerprint density at radius 3 is 2.60 bits per heavy atom. The molecule has 1 aliphatic heterocycles. The number of aromatic nitrogens is 2. The molecule has 0 radical (unpaired) electrons. The van der Waals surface area contributed by atoms with Crippen LogP contribution in [0.3, 0.4) is 0 Å². The summed E-state index contributed by atoms with van der Waals surface area (Å²) in [6.45, 7) is 5.15. The van der Waals surface area contributed by atoms with Gasteiger partial charge in [-0.05, 0) is 57.1 Å². The molecule has 0 spiro atoms. The maximum Gasteiger partial charge on any atom is 0.225 e. The molecule has 110 valence electrons. The summed E-state index contributed by atoms with van der Waals surface area (Å²) < 4.78 is 0. The summed E-state index contributed by atoms with van der Waals surface area (Å²) in [5.74, 6) is 1.59. The van der Waals surface area contributed by atoms with Gasteiger partial charge in [-0.2, -0.15) is 0 Å². The fraction of sp³-hybridized carbons (Fsp3) is 0.750.